The smallest absolute Gasteiger partial charge is 0.209 e. The van der Waals surface area contributed by atoms with Crippen LogP contribution in [-0.2, 0) is 19.9 Å². The molecule has 0 aliphatic rings. The first-order valence-electron chi connectivity index (χ1n) is 9.62. The number of ketones is 1. The maximum Gasteiger partial charge on any atom is 0.209 e. The number of sulfonamides is 1. The van der Waals surface area contributed by atoms with Crippen molar-refractivity contribution in [1.29, 1.82) is 0 Å². The molecule has 0 aromatic heterocycles. The Morgan fingerprint density at radius 3 is 2.12 bits per heavy atom. The summed E-state index contributed by atoms with van der Waals surface area (Å²) < 4.78 is 66.2. The van der Waals surface area contributed by atoms with Gasteiger partial charge in [0.1, 0.15) is 5.82 Å². The Kier molecular flexibility index (Phi) is 6.64. The fourth-order valence-corrected chi connectivity index (χ4v) is 5.51. The molecule has 3 aromatic carbocycles. The van der Waals surface area contributed by atoms with Gasteiger partial charge in [0.05, 0.1) is 21.6 Å². The Hall–Kier alpha value is -2.88. The summed E-state index contributed by atoms with van der Waals surface area (Å²) in [5.41, 5.74) is 0.887. The van der Waals surface area contributed by atoms with Gasteiger partial charge in [0.15, 0.2) is 5.78 Å². The van der Waals surface area contributed by atoms with E-state index < -0.39 is 37.5 Å². The fraction of sp³-hybridized carbons (Fsp3) is 0.174. The Labute approximate surface area is 187 Å². The van der Waals surface area contributed by atoms with E-state index in [-0.39, 0.29) is 20.9 Å². The van der Waals surface area contributed by atoms with Crippen LogP contribution in [0, 0.1) is 12.7 Å². The van der Waals surface area contributed by atoms with Crippen molar-refractivity contribution >= 4 is 25.6 Å². The number of nitrogens with one attached hydrogen (secondary N) is 1. The molecule has 0 spiro atoms. The normalized spacial score (nSPS) is 13.0. The fourth-order valence-electron chi connectivity index (χ4n) is 3.30. The molecule has 0 saturated carbocycles. The molecule has 168 valence electrons. The highest BCUT2D eigenvalue weighted by Gasteiger charge is 2.26. The monoisotopic (exact) mass is 475 g/mol. The highest BCUT2D eigenvalue weighted by Crippen LogP contribution is 2.28. The zero-order chi connectivity index (χ0) is 23.7. The van der Waals surface area contributed by atoms with E-state index in [2.05, 4.69) is 4.72 Å². The molecular formula is C23H22FNO5S2. The van der Waals surface area contributed by atoms with Crippen LogP contribution in [0.2, 0.25) is 0 Å². The van der Waals surface area contributed by atoms with Crippen molar-refractivity contribution in [3.8, 4) is 0 Å². The van der Waals surface area contributed by atoms with E-state index in [0.717, 1.165) is 12.3 Å². The second-order valence-corrected chi connectivity index (χ2v) is 11.2. The predicted octanol–water partition coefficient (Wildman–Crippen LogP) is 3.81. The first-order valence-corrected chi connectivity index (χ1v) is 13.0. The number of sulfone groups is 1. The number of halogens is 1. The van der Waals surface area contributed by atoms with Crippen LogP contribution < -0.4 is 4.72 Å². The van der Waals surface area contributed by atoms with Crippen LogP contribution in [0.15, 0.2) is 76.5 Å². The van der Waals surface area contributed by atoms with Gasteiger partial charge in [-0.2, -0.15) is 0 Å². The first kappa shape index (κ1) is 23.8. The van der Waals surface area contributed by atoms with E-state index in [9.17, 15) is 26.0 Å². The van der Waals surface area contributed by atoms with Crippen molar-refractivity contribution in [2.24, 2.45) is 0 Å². The lowest BCUT2D eigenvalue weighted by Crippen LogP contribution is -2.25. The molecule has 0 amide bonds. The number of hydrogen-bond acceptors (Lipinski definition) is 5. The second kappa shape index (κ2) is 8.93. The second-order valence-electron chi connectivity index (χ2n) is 7.49. The molecular weight excluding hydrogens is 453 g/mol. The van der Waals surface area contributed by atoms with Gasteiger partial charge in [0.2, 0.25) is 19.9 Å². The summed E-state index contributed by atoms with van der Waals surface area (Å²) in [4.78, 5) is 12.7. The van der Waals surface area contributed by atoms with Crippen LogP contribution in [0.5, 0.6) is 0 Å². The van der Waals surface area contributed by atoms with Crippen molar-refractivity contribution in [3.05, 3.63) is 94.8 Å². The molecule has 1 N–H and O–H groups in total. The first-order chi connectivity index (χ1) is 14.9. The average molecular weight is 476 g/mol. The third-order valence-corrected chi connectivity index (χ3v) is 7.48. The highest BCUT2D eigenvalue weighted by atomic mass is 32.2. The van der Waals surface area contributed by atoms with E-state index in [4.69, 9.17) is 0 Å². The summed E-state index contributed by atoms with van der Waals surface area (Å²) >= 11 is 0. The topological polar surface area (TPSA) is 97.4 Å². The molecule has 0 heterocycles. The largest absolute Gasteiger partial charge is 0.288 e. The molecule has 0 aliphatic heterocycles. The molecule has 0 unspecified atom stereocenters. The molecule has 9 heteroatoms. The molecule has 0 radical (unpaired) electrons. The van der Waals surface area contributed by atoms with E-state index in [1.807, 2.05) is 0 Å². The van der Waals surface area contributed by atoms with Crippen molar-refractivity contribution in [2.75, 3.05) is 6.26 Å². The molecule has 0 bridgehead atoms. The highest BCUT2D eigenvalue weighted by molar-refractivity contribution is 7.91. The summed E-state index contributed by atoms with van der Waals surface area (Å²) in [7, 11) is -7.55. The van der Waals surface area contributed by atoms with Crippen molar-refractivity contribution < 1.29 is 26.0 Å². The lowest BCUT2D eigenvalue weighted by Gasteiger charge is -2.14. The van der Waals surface area contributed by atoms with Crippen molar-refractivity contribution in [3.63, 3.8) is 0 Å². The number of hydrogen-bond donors (Lipinski definition) is 1. The van der Waals surface area contributed by atoms with Crippen LogP contribution in [-0.4, -0.2) is 28.9 Å². The van der Waals surface area contributed by atoms with Gasteiger partial charge in [0.25, 0.3) is 0 Å². The van der Waals surface area contributed by atoms with Gasteiger partial charge < -0.3 is 0 Å². The Morgan fingerprint density at radius 1 is 0.906 bits per heavy atom. The summed E-state index contributed by atoms with van der Waals surface area (Å²) in [6.07, 6.45) is 1.04. The minimum atomic E-state index is -4.11. The van der Waals surface area contributed by atoms with E-state index >= 15 is 0 Å². The lowest BCUT2D eigenvalue weighted by molar-refractivity contribution is 0.103. The maximum absolute atomic E-state index is 14.2. The van der Waals surface area contributed by atoms with E-state index in [1.165, 1.54) is 54.6 Å². The number of carbonyl (C=O) groups is 1. The lowest BCUT2D eigenvalue weighted by atomic mass is 10.0. The maximum atomic E-state index is 14.2. The van der Waals surface area contributed by atoms with Crippen LogP contribution in [0.25, 0.3) is 0 Å². The Morgan fingerprint density at radius 2 is 1.53 bits per heavy atom. The molecule has 3 rings (SSSR count). The molecule has 6 nitrogen and oxygen atoms in total. The molecule has 32 heavy (non-hydrogen) atoms. The van der Waals surface area contributed by atoms with Gasteiger partial charge in [-0.05, 0) is 55.8 Å². The van der Waals surface area contributed by atoms with Gasteiger partial charge >= 0.3 is 0 Å². The Bertz CT molecular complexity index is 1380. The third kappa shape index (κ3) is 5.12. The van der Waals surface area contributed by atoms with Crippen LogP contribution in [0.1, 0.15) is 40.0 Å². The van der Waals surface area contributed by atoms with Crippen molar-refractivity contribution in [1.82, 2.24) is 4.72 Å². The molecule has 0 aliphatic carbocycles. The minimum Gasteiger partial charge on any atom is -0.288 e. The zero-order valence-electron chi connectivity index (χ0n) is 17.7. The standard InChI is InChI=1S/C23H22FNO5S2/c1-15-8-13-22(20(14-15)23(26)19-6-4-5-7-21(19)24)32(29,30)18-11-9-17(10-12-18)16(2)25-31(3,27)28/h4-14,16,25H,1-3H3/t16-/m0/s1. The van der Waals surface area contributed by atoms with Gasteiger partial charge in [-0.3, -0.25) is 4.79 Å². The quantitative estimate of drug-likeness (QED) is 0.524. The van der Waals surface area contributed by atoms with Gasteiger partial charge in [-0.15, -0.1) is 0 Å². The number of carbonyl (C=O) groups excluding carboxylic acids is 1. The zero-order valence-corrected chi connectivity index (χ0v) is 19.3. The summed E-state index contributed by atoms with van der Waals surface area (Å²) in [6.45, 7) is 3.34. The number of rotatable bonds is 7. The predicted molar refractivity (Wildman–Crippen MR) is 119 cm³/mol. The molecule has 0 saturated heterocycles. The van der Waals surface area contributed by atoms with Gasteiger partial charge in [0, 0.05) is 11.6 Å². The van der Waals surface area contributed by atoms with Gasteiger partial charge in [-0.25, -0.2) is 25.9 Å². The third-order valence-electron chi connectivity index (χ3n) is 4.87. The van der Waals surface area contributed by atoms with Crippen LogP contribution in [0.4, 0.5) is 4.39 Å². The Balaban J connectivity index is 2.04. The number of aryl methyl sites for hydroxylation is 1. The van der Waals surface area contributed by atoms with Crippen LogP contribution >= 0.6 is 0 Å². The average Bonchev–Trinajstić information content (AvgIpc) is 2.72. The summed E-state index contributed by atoms with van der Waals surface area (Å²) in [5, 5.41) is 0. The van der Waals surface area contributed by atoms with Crippen LogP contribution in [0.3, 0.4) is 0 Å². The number of benzene rings is 3. The van der Waals surface area contributed by atoms with Gasteiger partial charge in [-0.1, -0.05) is 35.9 Å². The molecule has 1 atom stereocenters. The SMILES string of the molecule is Cc1ccc(S(=O)(=O)c2ccc([C@H](C)NS(C)(=O)=O)cc2)c(C(=O)c2ccccc2F)c1. The van der Waals surface area contributed by atoms with Crippen molar-refractivity contribution in [2.45, 2.75) is 29.7 Å². The van der Waals surface area contributed by atoms with E-state index in [1.54, 1.807) is 19.9 Å². The molecule has 0 fully saturated rings. The minimum absolute atomic E-state index is 0.0701. The summed E-state index contributed by atoms with van der Waals surface area (Å²) in [5.74, 6) is -1.47. The summed E-state index contributed by atoms with van der Waals surface area (Å²) in [6, 6.07) is 14.9. The van der Waals surface area contributed by atoms with E-state index in [0.29, 0.717) is 11.1 Å². The molecule has 3 aromatic rings.